The van der Waals surface area contributed by atoms with E-state index >= 15 is 0 Å². The highest BCUT2D eigenvalue weighted by Crippen LogP contribution is 2.32. The van der Waals surface area contributed by atoms with Gasteiger partial charge in [0.1, 0.15) is 0 Å². The van der Waals surface area contributed by atoms with Crippen molar-refractivity contribution in [3.05, 3.63) is 34.9 Å². The van der Waals surface area contributed by atoms with Crippen LogP contribution in [-0.2, 0) is 4.79 Å². The predicted octanol–water partition coefficient (Wildman–Crippen LogP) is 3.45. The molecule has 2 aliphatic rings. The normalized spacial score (nSPS) is 23.0. The van der Waals surface area contributed by atoms with Crippen LogP contribution in [0.3, 0.4) is 0 Å². The van der Waals surface area contributed by atoms with Gasteiger partial charge in [-0.15, -0.1) is 0 Å². The van der Waals surface area contributed by atoms with Gasteiger partial charge in [0, 0.05) is 19.1 Å². The summed E-state index contributed by atoms with van der Waals surface area (Å²) in [5.41, 5.74) is 4.04. The summed E-state index contributed by atoms with van der Waals surface area (Å²) in [5.74, 6) is 0.330. The lowest BCUT2D eigenvalue weighted by atomic mass is 9.99. The number of hydrogen-bond donors (Lipinski definition) is 0. The Kier molecular flexibility index (Phi) is 4.82. The molecule has 3 rings (SSSR count). The van der Waals surface area contributed by atoms with Crippen molar-refractivity contribution in [2.45, 2.75) is 52.0 Å². The van der Waals surface area contributed by atoms with Crippen LogP contribution in [0, 0.1) is 13.8 Å². The zero-order valence-corrected chi connectivity index (χ0v) is 14.0. The molecule has 22 heavy (non-hydrogen) atoms. The van der Waals surface area contributed by atoms with Crippen molar-refractivity contribution in [1.82, 2.24) is 9.80 Å². The number of hydrogen-bond acceptors (Lipinski definition) is 2. The quantitative estimate of drug-likeness (QED) is 0.853. The molecule has 0 aromatic heterocycles. The highest BCUT2D eigenvalue weighted by Gasteiger charge is 2.29. The average molecular weight is 300 g/mol. The minimum absolute atomic E-state index is 0.330. The fourth-order valence-electron chi connectivity index (χ4n) is 4.01. The van der Waals surface area contributed by atoms with Crippen molar-refractivity contribution in [3.8, 4) is 0 Å². The summed E-state index contributed by atoms with van der Waals surface area (Å²) < 4.78 is 0. The lowest BCUT2D eigenvalue weighted by molar-refractivity contribution is -0.133. The van der Waals surface area contributed by atoms with E-state index < -0.39 is 0 Å². The lowest BCUT2D eigenvalue weighted by Gasteiger charge is -2.31. The van der Waals surface area contributed by atoms with Crippen LogP contribution in [0.15, 0.2) is 18.2 Å². The van der Waals surface area contributed by atoms with Gasteiger partial charge in [-0.2, -0.15) is 0 Å². The highest BCUT2D eigenvalue weighted by molar-refractivity contribution is 5.78. The molecular formula is C19H28N2O. The molecule has 1 atom stereocenters. The molecule has 0 radical (unpaired) electrons. The molecule has 0 bridgehead atoms. The maximum atomic E-state index is 12.5. The largest absolute Gasteiger partial charge is 0.342 e. The Morgan fingerprint density at radius 1 is 1.00 bits per heavy atom. The Morgan fingerprint density at radius 2 is 1.68 bits per heavy atom. The summed E-state index contributed by atoms with van der Waals surface area (Å²) in [5, 5.41) is 0. The summed E-state index contributed by atoms with van der Waals surface area (Å²) >= 11 is 0. The Morgan fingerprint density at radius 3 is 2.36 bits per heavy atom. The number of carbonyl (C=O) groups is 1. The van der Waals surface area contributed by atoms with Crippen molar-refractivity contribution in [3.63, 3.8) is 0 Å². The molecule has 1 aromatic carbocycles. The summed E-state index contributed by atoms with van der Waals surface area (Å²) in [6, 6.07) is 7.23. The topological polar surface area (TPSA) is 23.6 Å². The summed E-state index contributed by atoms with van der Waals surface area (Å²) in [6.45, 7) is 7.89. The molecule has 1 aromatic rings. The maximum absolute atomic E-state index is 12.5. The van der Waals surface area contributed by atoms with Crippen LogP contribution >= 0.6 is 0 Å². The van der Waals surface area contributed by atoms with Crippen LogP contribution < -0.4 is 0 Å². The minimum Gasteiger partial charge on any atom is -0.342 e. The molecule has 2 saturated heterocycles. The fraction of sp³-hybridized carbons (Fsp3) is 0.632. The van der Waals surface area contributed by atoms with E-state index in [4.69, 9.17) is 0 Å². The van der Waals surface area contributed by atoms with E-state index in [2.05, 4.69) is 41.8 Å². The van der Waals surface area contributed by atoms with E-state index in [0.29, 0.717) is 18.5 Å². The zero-order valence-electron chi connectivity index (χ0n) is 14.0. The van der Waals surface area contributed by atoms with E-state index in [-0.39, 0.29) is 0 Å². The molecule has 2 fully saturated rings. The molecule has 2 heterocycles. The second-order valence-electron chi connectivity index (χ2n) is 6.99. The molecule has 0 spiro atoms. The summed E-state index contributed by atoms with van der Waals surface area (Å²) in [6.07, 6.45) is 6.00. The van der Waals surface area contributed by atoms with Gasteiger partial charge in [-0.3, -0.25) is 9.69 Å². The molecule has 0 N–H and O–H groups in total. The number of amides is 1. The van der Waals surface area contributed by atoms with Gasteiger partial charge in [0.25, 0.3) is 0 Å². The van der Waals surface area contributed by atoms with Crippen LogP contribution in [0.25, 0.3) is 0 Å². The average Bonchev–Trinajstić information content (AvgIpc) is 2.95. The molecular weight excluding hydrogens is 272 g/mol. The van der Waals surface area contributed by atoms with E-state index in [1.54, 1.807) is 0 Å². The summed E-state index contributed by atoms with van der Waals surface area (Å²) in [4.78, 5) is 17.0. The van der Waals surface area contributed by atoms with Crippen LogP contribution in [0.5, 0.6) is 0 Å². The Balaban J connectivity index is 1.68. The van der Waals surface area contributed by atoms with Gasteiger partial charge >= 0.3 is 0 Å². The molecule has 1 unspecified atom stereocenters. The van der Waals surface area contributed by atoms with Gasteiger partial charge in [0.05, 0.1) is 6.54 Å². The van der Waals surface area contributed by atoms with Crippen LogP contribution in [-0.4, -0.2) is 41.9 Å². The van der Waals surface area contributed by atoms with Crippen molar-refractivity contribution < 1.29 is 4.79 Å². The standard InChI is InChI=1S/C19H28N2O/c1-15-11-16(2)13-17(12-15)18-7-6-10-21(18)14-19(22)20-8-4-3-5-9-20/h11-13,18H,3-10,14H2,1-2H3. The Labute approximate surface area is 134 Å². The smallest absolute Gasteiger partial charge is 0.236 e. The number of aryl methyl sites for hydroxylation is 2. The van der Waals surface area contributed by atoms with Gasteiger partial charge in [0.2, 0.25) is 5.91 Å². The molecule has 3 heteroatoms. The van der Waals surface area contributed by atoms with Gasteiger partial charge < -0.3 is 4.90 Å². The third-order valence-corrected chi connectivity index (χ3v) is 5.04. The molecule has 0 saturated carbocycles. The van der Waals surface area contributed by atoms with Gasteiger partial charge in [0.15, 0.2) is 0 Å². The number of benzene rings is 1. The number of piperidine rings is 1. The van der Waals surface area contributed by atoms with Crippen LogP contribution in [0.4, 0.5) is 0 Å². The maximum Gasteiger partial charge on any atom is 0.236 e. The number of nitrogens with zero attached hydrogens (tertiary/aromatic N) is 2. The second kappa shape index (κ2) is 6.82. The second-order valence-corrected chi connectivity index (χ2v) is 6.99. The predicted molar refractivity (Wildman–Crippen MR) is 89.9 cm³/mol. The number of rotatable bonds is 3. The SMILES string of the molecule is Cc1cc(C)cc(C2CCCN2CC(=O)N2CCCCC2)c1. The van der Waals surface area contributed by atoms with Crippen molar-refractivity contribution in [2.24, 2.45) is 0 Å². The molecule has 3 nitrogen and oxygen atoms in total. The number of carbonyl (C=O) groups excluding carboxylic acids is 1. The van der Waals surface area contributed by atoms with Crippen LogP contribution in [0.2, 0.25) is 0 Å². The monoisotopic (exact) mass is 300 g/mol. The highest BCUT2D eigenvalue weighted by atomic mass is 16.2. The van der Waals surface area contributed by atoms with E-state index in [1.807, 2.05) is 0 Å². The van der Waals surface area contributed by atoms with Gasteiger partial charge in [-0.1, -0.05) is 29.3 Å². The first kappa shape index (κ1) is 15.5. The molecule has 120 valence electrons. The first-order valence-corrected chi connectivity index (χ1v) is 8.73. The third-order valence-electron chi connectivity index (χ3n) is 5.04. The van der Waals surface area contributed by atoms with Crippen LogP contribution in [0.1, 0.15) is 54.8 Å². The van der Waals surface area contributed by atoms with E-state index in [1.165, 1.54) is 48.8 Å². The fourth-order valence-corrected chi connectivity index (χ4v) is 4.01. The molecule has 0 aliphatic carbocycles. The van der Waals surface area contributed by atoms with Crippen molar-refractivity contribution in [1.29, 1.82) is 0 Å². The van der Waals surface area contributed by atoms with E-state index in [9.17, 15) is 4.79 Å². The first-order valence-electron chi connectivity index (χ1n) is 8.73. The third kappa shape index (κ3) is 3.52. The number of likely N-dealkylation sites (tertiary alicyclic amines) is 2. The van der Waals surface area contributed by atoms with E-state index in [0.717, 1.165) is 19.6 Å². The van der Waals surface area contributed by atoms with Gasteiger partial charge in [-0.25, -0.2) is 0 Å². The zero-order chi connectivity index (χ0) is 15.5. The lowest BCUT2D eigenvalue weighted by Crippen LogP contribution is -2.42. The first-order chi connectivity index (χ1) is 10.6. The Bertz CT molecular complexity index is 514. The van der Waals surface area contributed by atoms with Crippen molar-refractivity contribution >= 4 is 5.91 Å². The van der Waals surface area contributed by atoms with Crippen molar-refractivity contribution in [2.75, 3.05) is 26.2 Å². The molecule has 2 aliphatic heterocycles. The van der Waals surface area contributed by atoms with Gasteiger partial charge in [-0.05, 0) is 58.1 Å². The minimum atomic E-state index is 0.330. The Hall–Kier alpha value is -1.35. The summed E-state index contributed by atoms with van der Waals surface area (Å²) in [7, 11) is 0. The molecule has 1 amide bonds.